The lowest BCUT2D eigenvalue weighted by atomic mass is 10.0. The molecule has 1 aromatic heterocycles. The minimum absolute atomic E-state index is 0.0565. The number of amides is 1. The third-order valence-electron chi connectivity index (χ3n) is 5.68. The Bertz CT molecular complexity index is 1100. The number of carbonyl (C=O) groups excluding carboxylic acids is 2. The van der Waals surface area contributed by atoms with E-state index >= 15 is 0 Å². The summed E-state index contributed by atoms with van der Waals surface area (Å²) < 4.78 is 5.34. The number of nitrogens with zero attached hydrogens (tertiary/aromatic N) is 1. The monoisotopic (exact) mass is 494 g/mol. The Morgan fingerprint density at radius 2 is 1.82 bits per heavy atom. The van der Waals surface area contributed by atoms with Crippen LogP contribution in [-0.4, -0.2) is 35.7 Å². The zero-order valence-electron chi connectivity index (χ0n) is 19.4. The zero-order valence-corrected chi connectivity index (χ0v) is 21.1. The van der Waals surface area contributed by atoms with E-state index in [1.165, 1.54) is 21.8 Å². The van der Waals surface area contributed by atoms with Gasteiger partial charge in [0.25, 0.3) is 0 Å². The highest BCUT2D eigenvalue weighted by atomic mass is 32.2. The smallest absolute Gasteiger partial charge is 0.341 e. The number of hydrogen-bond donors (Lipinski definition) is 1. The Hall–Kier alpha value is -2.61. The van der Waals surface area contributed by atoms with E-state index in [4.69, 9.17) is 4.74 Å². The lowest BCUT2D eigenvalue weighted by molar-refractivity contribution is -0.116. The van der Waals surface area contributed by atoms with Crippen molar-refractivity contribution in [3.05, 3.63) is 82.2 Å². The summed E-state index contributed by atoms with van der Waals surface area (Å²) in [5, 5.41) is 3.65. The average molecular weight is 495 g/mol. The van der Waals surface area contributed by atoms with Crippen molar-refractivity contribution in [1.29, 1.82) is 0 Å². The van der Waals surface area contributed by atoms with Crippen molar-refractivity contribution in [2.45, 2.75) is 44.2 Å². The molecule has 178 valence electrons. The Morgan fingerprint density at radius 3 is 2.56 bits per heavy atom. The van der Waals surface area contributed by atoms with E-state index in [2.05, 4.69) is 46.6 Å². The predicted molar refractivity (Wildman–Crippen MR) is 140 cm³/mol. The van der Waals surface area contributed by atoms with Gasteiger partial charge in [0.15, 0.2) is 0 Å². The van der Waals surface area contributed by atoms with Gasteiger partial charge in [-0.05, 0) is 48.8 Å². The van der Waals surface area contributed by atoms with Crippen molar-refractivity contribution < 1.29 is 14.3 Å². The van der Waals surface area contributed by atoms with Crippen LogP contribution in [0.5, 0.6) is 0 Å². The third kappa shape index (κ3) is 6.50. The standard InChI is InChI=1S/C27H30N2O3S2/c1-2-32-27(31)25-22-15-16-29(18-20-10-5-3-6-11-20)19-23(22)34-26(25)28-24(30)14-9-17-33-21-12-7-4-8-13-21/h3-8,10-13H,2,9,14-19H2,1H3,(H,28,30). The van der Waals surface area contributed by atoms with Crippen LogP contribution < -0.4 is 5.32 Å². The molecule has 0 unspecified atom stereocenters. The summed E-state index contributed by atoms with van der Waals surface area (Å²) in [6.45, 7) is 4.63. The van der Waals surface area contributed by atoms with E-state index in [1.807, 2.05) is 24.3 Å². The second-order valence-electron chi connectivity index (χ2n) is 8.19. The second-order valence-corrected chi connectivity index (χ2v) is 10.5. The Kier molecular flexibility index (Phi) is 8.79. The summed E-state index contributed by atoms with van der Waals surface area (Å²) in [4.78, 5) is 30.2. The minimum Gasteiger partial charge on any atom is -0.462 e. The molecule has 7 heteroatoms. The summed E-state index contributed by atoms with van der Waals surface area (Å²) in [6, 6.07) is 20.6. The molecular weight excluding hydrogens is 464 g/mol. The molecule has 0 spiro atoms. The van der Waals surface area contributed by atoms with E-state index in [1.54, 1.807) is 18.7 Å². The van der Waals surface area contributed by atoms with E-state index in [9.17, 15) is 9.59 Å². The van der Waals surface area contributed by atoms with E-state index in [-0.39, 0.29) is 11.9 Å². The minimum atomic E-state index is -0.341. The van der Waals surface area contributed by atoms with Crippen molar-refractivity contribution >= 4 is 40.0 Å². The molecular formula is C27H30N2O3S2. The fraction of sp³-hybridized carbons (Fsp3) is 0.333. The third-order valence-corrected chi connectivity index (χ3v) is 7.91. The van der Waals surface area contributed by atoms with Gasteiger partial charge in [0.05, 0.1) is 12.2 Å². The molecule has 1 N–H and O–H groups in total. The van der Waals surface area contributed by atoms with Gasteiger partial charge in [-0.3, -0.25) is 9.69 Å². The number of rotatable bonds is 10. The topological polar surface area (TPSA) is 58.6 Å². The molecule has 2 heterocycles. The maximum Gasteiger partial charge on any atom is 0.341 e. The number of carbonyl (C=O) groups is 2. The number of fused-ring (bicyclic) bond motifs is 1. The highest BCUT2D eigenvalue weighted by molar-refractivity contribution is 7.99. The zero-order chi connectivity index (χ0) is 23.8. The van der Waals surface area contributed by atoms with Crippen LogP contribution in [0.4, 0.5) is 5.00 Å². The van der Waals surface area contributed by atoms with Crippen LogP contribution in [0.25, 0.3) is 0 Å². The van der Waals surface area contributed by atoms with Crippen molar-refractivity contribution in [1.82, 2.24) is 4.90 Å². The highest BCUT2D eigenvalue weighted by Gasteiger charge is 2.29. The lowest BCUT2D eigenvalue weighted by Gasteiger charge is -2.27. The van der Waals surface area contributed by atoms with E-state index in [0.29, 0.717) is 23.6 Å². The number of thiophene rings is 1. The number of thioether (sulfide) groups is 1. The highest BCUT2D eigenvalue weighted by Crippen LogP contribution is 2.38. The van der Waals surface area contributed by atoms with Crippen molar-refractivity contribution in [3.8, 4) is 0 Å². The van der Waals surface area contributed by atoms with Gasteiger partial charge in [0.2, 0.25) is 5.91 Å². The largest absolute Gasteiger partial charge is 0.462 e. The maximum absolute atomic E-state index is 12.8. The number of esters is 1. The maximum atomic E-state index is 12.8. The quantitative estimate of drug-likeness (QED) is 0.213. The average Bonchev–Trinajstić information content (AvgIpc) is 3.20. The van der Waals surface area contributed by atoms with Crippen LogP contribution >= 0.6 is 23.1 Å². The first kappa shape index (κ1) is 24.5. The first-order valence-corrected chi connectivity index (χ1v) is 13.5. The number of nitrogens with one attached hydrogen (secondary N) is 1. The van der Waals surface area contributed by atoms with Gasteiger partial charge in [0, 0.05) is 35.8 Å². The van der Waals surface area contributed by atoms with Gasteiger partial charge in [-0.25, -0.2) is 4.79 Å². The van der Waals surface area contributed by atoms with Crippen LogP contribution in [0.1, 0.15) is 46.1 Å². The number of hydrogen-bond acceptors (Lipinski definition) is 6. The SMILES string of the molecule is CCOC(=O)c1c(NC(=O)CCCSc2ccccc2)sc2c1CCN(Cc1ccccc1)C2. The molecule has 0 atom stereocenters. The fourth-order valence-electron chi connectivity index (χ4n) is 4.07. The first-order valence-electron chi connectivity index (χ1n) is 11.7. The second kappa shape index (κ2) is 12.2. The number of benzene rings is 2. The summed E-state index contributed by atoms with van der Waals surface area (Å²) in [6.07, 6.45) is 1.97. The lowest BCUT2D eigenvalue weighted by Crippen LogP contribution is -2.29. The predicted octanol–water partition coefficient (Wildman–Crippen LogP) is 5.99. The molecule has 1 amide bonds. The molecule has 5 nitrogen and oxygen atoms in total. The number of anilines is 1. The van der Waals surface area contributed by atoms with Crippen LogP contribution in [0.3, 0.4) is 0 Å². The Balaban J connectivity index is 1.40. The molecule has 1 aliphatic rings. The van der Waals surface area contributed by atoms with Crippen molar-refractivity contribution in [2.75, 3.05) is 24.2 Å². The van der Waals surface area contributed by atoms with Crippen molar-refractivity contribution in [3.63, 3.8) is 0 Å². The molecule has 0 saturated heterocycles. The summed E-state index contributed by atoms with van der Waals surface area (Å²) in [5.74, 6) is 0.475. The molecule has 0 radical (unpaired) electrons. The van der Waals surface area contributed by atoms with Crippen LogP contribution in [0.2, 0.25) is 0 Å². The Labute approximate surface area is 209 Å². The molecule has 0 saturated carbocycles. The molecule has 0 aliphatic carbocycles. The molecule has 4 rings (SSSR count). The van der Waals surface area contributed by atoms with Crippen molar-refractivity contribution in [2.24, 2.45) is 0 Å². The fourth-order valence-corrected chi connectivity index (χ4v) is 6.24. The van der Waals surface area contributed by atoms with Gasteiger partial charge in [0.1, 0.15) is 5.00 Å². The molecule has 1 aliphatic heterocycles. The molecule has 34 heavy (non-hydrogen) atoms. The van der Waals surface area contributed by atoms with Gasteiger partial charge in [-0.2, -0.15) is 0 Å². The molecule has 0 bridgehead atoms. The summed E-state index contributed by atoms with van der Waals surface area (Å²) >= 11 is 3.26. The van der Waals surface area contributed by atoms with E-state index in [0.717, 1.165) is 48.7 Å². The van der Waals surface area contributed by atoms with Gasteiger partial charge >= 0.3 is 5.97 Å². The summed E-state index contributed by atoms with van der Waals surface area (Å²) in [5.41, 5.74) is 2.85. The number of ether oxygens (including phenoxy) is 1. The van der Waals surface area contributed by atoms with Gasteiger partial charge < -0.3 is 10.1 Å². The van der Waals surface area contributed by atoms with Gasteiger partial charge in [-0.1, -0.05) is 48.5 Å². The van der Waals surface area contributed by atoms with Crippen LogP contribution in [-0.2, 0) is 29.0 Å². The molecule has 2 aromatic carbocycles. The van der Waals surface area contributed by atoms with Crippen LogP contribution in [0.15, 0.2) is 65.6 Å². The first-order chi connectivity index (χ1) is 16.6. The molecule has 3 aromatic rings. The van der Waals surface area contributed by atoms with Gasteiger partial charge in [-0.15, -0.1) is 23.1 Å². The van der Waals surface area contributed by atoms with Crippen LogP contribution in [0, 0.1) is 0 Å². The molecule has 0 fully saturated rings. The Morgan fingerprint density at radius 1 is 1.09 bits per heavy atom. The normalized spacial score (nSPS) is 13.3. The summed E-state index contributed by atoms with van der Waals surface area (Å²) in [7, 11) is 0. The van der Waals surface area contributed by atoms with E-state index < -0.39 is 0 Å².